The van der Waals surface area contributed by atoms with Crippen LogP contribution in [0.2, 0.25) is 0 Å². The minimum atomic E-state index is 0. The van der Waals surface area contributed by atoms with Gasteiger partial charge in [-0.25, -0.2) is 0 Å². The zero-order valence-corrected chi connectivity index (χ0v) is 17.4. The number of hydrogen-bond donors (Lipinski definition) is 1. The lowest BCUT2D eigenvalue weighted by molar-refractivity contribution is 0.106. The molecular formula is C20H30IN3O. The Morgan fingerprint density at radius 3 is 2.80 bits per heavy atom. The second-order valence-electron chi connectivity index (χ2n) is 6.45. The first kappa shape index (κ1) is 20.2. The number of nitrogens with one attached hydrogen (secondary N) is 1. The van der Waals surface area contributed by atoms with E-state index in [-0.39, 0.29) is 24.0 Å². The maximum atomic E-state index is 5.69. The van der Waals surface area contributed by atoms with E-state index in [0.717, 1.165) is 51.6 Å². The molecule has 5 heteroatoms. The van der Waals surface area contributed by atoms with Gasteiger partial charge in [0, 0.05) is 32.8 Å². The van der Waals surface area contributed by atoms with Crippen LogP contribution in [-0.2, 0) is 4.74 Å². The topological polar surface area (TPSA) is 36.9 Å². The van der Waals surface area contributed by atoms with Gasteiger partial charge in [0.05, 0.1) is 6.10 Å². The van der Waals surface area contributed by atoms with E-state index in [1.54, 1.807) is 0 Å². The molecule has 2 aliphatic rings. The van der Waals surface area contributed by atoms with Gasteiger partial charge in [0.1, 0.15) is 0 Å². The Kier molecular flexibility index (Phi) is 8.75. The number of ether oxygens (including phenoxy) is 1. The summed E-state index contributed by atoms with van der Waals surface area (Å²) >= 11 is 0. The summed E-state index contributed by atoms with van der Waals surface area (Å²) in [6.45, 7) is 6.75. The van der Waals surface area contributed by atoms with E-state index in [9.17, 15) is 0 Å². The van der Waals surface area contributed by atoms with Crippen LogP contribution in [0.4, 0.5) is 0 Å². The molecule has 0 aromatic heterocycles. The van der Waals surface area contributed by atoms with E-state index < -0.39 is 0 Å². The minimum Gasteiger partial charge on any atom is -0.378 e. The second kappa shape index (κ2) is 10.8. The SMILES string of the molecule is CCNC(=NCCC1CCCO1)N1CC=C(c2ccccc2)CC1.I. The fraction of sp³-hybridized carbons (Fsp3) is 0.550. The summed E-state index contributed by atoms with van der Waals surface area (Å²) in [5.41, 5.74) is 2.79. The second-order valence-corrected chi connectivity index (χ2v) is 6.45. The van der Waals surface area contributed by atoms with Crippen LogP contribution in [0.25, 0.3) is 5.57 Å². The molecule has 1 saturated heterocycles. The van der Waals surface area contributed by atoms with Crippen molar-refractivity contribution >= 4 is 35.5 Å². The molecule has 0 saturated carbocycles. The zero-order valence-electron chi connectivity index (χ0n) is 15.1. The number of nitrogens with zero attached hydrogens (tertiary/aromatic N) is 2. The monoisotopic (exact) mass is 455 g/mol. The molecule has 138 valence electrons. The first-order valence-corrected chi connectivity index (χ1v) is 9.26. The summed E-state index contributed by atoms with van der Waals surface area (Å²) in [7, 11) is 0. The summed E-state index contributed by atoms with van der Waals surface area (Å²) in [5.74, 6) is 1.04. The highest BCUT2D eigenvalue weighted by molar-refractivity contribution is 14.0. The summed E-state index contributed by atoms with van der Waals surface area (Å²) in [5, 5.41) is 3.44. The first-order valence-electron chi connectivity index (χ1n) is 9.26. The normalized spacial score (nSPS) is 20.8. The molecule has 0 bridgehead atoms. The molecule has 3 rings (SSSR count). The Bertz CT molecular complexity index is 568. The number of rotatable bonds is 5. The van der Waals surface area contributed by atoms with Crippen LogP contribution < -0.4 is 5.32 Å². The fourth-order valence-corrected chi connectivity index (χ4v) is 3.39. The van der Waals surface area contributed by atoms with Crippen molar-refractivity contribution in [3.8, 4) is 0 Å². The van der Waals surface area contributed by atoms with Crippen molar-refractivity contribution in [2.45, 2.75) is 38.7 Å². The number of halogens is 1. The van der Waals surface area contributed by atoms with Gasteiger partial charge < -0.3 is 15.0 Å². The van der Waals surface area contributed by atoms with Gasteiger partial charge >= 0.3 is 0 Å². The van der Waals surface area contributed by atoms with Crippen LogP contribution in [0.1, 0.15) is 38.2 Å². The van der Waals surface area contributed by atoms with Crippen molar-refractivity contribution in [1.29, 1.82) is 0 Å². The Morgan fingerprint density at radius 1 is 1.32 bits per heavy atom. The van der Waals surface area contributed by atoms with Crippen molar-refractivity contribution in [3.63, 3.8) is 0 Å². The van der Waals surface area contributed by atoms with Gasteiger partial charge in [-0.3, -0.25) is 4.99 Å². The lowest BCUT2D eigenvalue weighted by Crippen LogP contribution is -2.43. The molecule has 0 spiro atoms. The maximum absolute atomic E-state index is 5.69. The molecule has 0 aliphatic carbocycles. The highest BCUT2D eigenvalue weighted by Gasteiger charge is 2.17. The van der Waals surface area contributed by atoms with Crippen LogP contribution in [-0.4, -0.2) is 49.7 Å². The van der Waals surface area contributed by atoms with E-state index in [1.165, 1.54) is 24.0 Å². The number of guanidine groups is 1. The average Bonchev–Trinajstić information content (AvgIpc) is 3.15. The van der Waals surface area contributed by atoms with Crippen molar-refractivity contribution in [2.24, 2.45) is 4.99 Å². The molecule has 0 amide bonds. The van der Waals surface area contributed by atoms with Crippen molar-refractivity contribution in [2.75, 3.05) is 32.8 Å². The molecule has 2 heterocycles. The molecular weight excluding hydrogens is 425 g/mol. The standard InChI is InChI=1S/C20H29N3O.HI/c1-2-21-20(22-13-10-19-9-6-16-24-19)23-14-11-18(12-15-23)17-7-4-3-5-8-17;/h3-5,7-8,11,19H,2,6,9-10,12-16H2,1H3,(H,21,22);1H. The Labute approximate surface area is 168 Å². The van der Waals surface area contributed by atoms with Gasteiger partial charge in [-0.2, -0.15) is 0 Å². The van der Waals surface area contributed by atoms with E-state index in [0.29, 0.717) is 6.10 Å². The van der Waals surface area contributed by atoms with Gasteiger partial charge in [0.15, 0.2) is 5.96 Å². The number of benzene rings is 1. The summed E-state index contributed by atoms with van der Waals surface area (Å²) < 4.78 is 5.69. The molecule has 1 aromatic carbocycles. The quantitative estimate of drug-likeness (QED) is 0.416. The molecule has 25 heavy (non-hydrogen) atoms. The third-order valence-electron chi connectivity index (χ3n) is 4.72. The lowest BCUT2D eigenvalue weighted by Gasteiger charge is -2.30. The minimum absolute atomic E-state index is 0. The van der Waals surface area contributed by atoms with E-state index in [1.807, 2.05) is 0 Å². The van der Waals surface area contributed by atoms with Crippen LogP contribution >= 0.6 is 24.0 Å². The van der Waals surface area contributed by atoms with Gasteiger partial charge in [-0.15, -0.1) is 24.0 Å². The smallest absolute Gasteiger partial charge is 0.194 e. The van der Waals surface area contributed by atoms with E-state index in [4.69, 9.17) is 9.73 Å². The molecule has 1 atom stereocenters. The lowest BCUT2D eigenvalue weighted by atomic mass is 10.00. The molecule has 2 aliphatic heterocycles. The molecule has 1 N–H and O–H groups in total. The van der Waals surface area contributed by atoms with Gasteiger partial charge in [0.25, 0.3) is 0 Å². The third-order valence-corrected chi connectivity index (χ3v) is 4.72. The molecule has 0 radical (unpaired) electrons. The predicted molar refractivity (Wildman–Crippen MR) is 116 cm³/mol. The predicted octanol–water partition coefficient (Wildman–Crippen LogP) is 3.93. The fourth-order valence-electron chi connectivity index (χ4n) is 3.39. The Morgan fingerprint density at radius 2 is 2.16 bits per heavy atom. The van der Waals surface area contributed by atoms with Gasteiger partial charge in [0.2, 0.25) is 0 Å². The van der Waals surface area contributed by atoms with Crippen LogP contribution in [0.5, 0.6) is 0 Å². The number of aliphatic imine (C=N–C) groups is 1. The van der Waals surface area contributed by atoms with Crippen LogP contribution in [0, 0.1) is 0 Å². The summed E-state index contributed by atoms with van der Waals surface area (Å²) in [6.07, 6.45) is 7.26. The van der Waals surface area contributed by atoms with E-state index >= 15 is 0 Å². The van der Waals surface area contributed by atoms with Gasteiger partial charge in [-0.05, 0) is 43.7 Å². The third kappa shape index (κ3) is 5.99. The average molecular weight is 455 g/mol. The molecule has 1 fully saturated rings. The van der Waals surface area contributed by atoms with Crippen molar-refractivity contribution in [3.05, 3.63) is 42.0 Å². The molecule has 1 aromatic rings. The highest BCUT2D eigenvalue weighted by atomic mass is 127. The van der Waals surface area contributed by atoms with Crippen LogP contribution in [0.15, 0.2) is 41.4 Å². The zero-order chi connectivity index (χ0) is 16.6. The molecule has 4 nitrogen and oxygen atoms in total. The Hall–Kier alpha value is -1.08. The molecule has 1 unspecified atom stereocenters. The Balaban J connectivity index is 0.00000225. The van der Waals surface area contributed by atoms with Crippen LogP contribution in [0.3, 0.4) is 0 Å². The van der Waals surface area contributed by atoms with Crippen molar-refractivity contribution in [1.82, 2.24) is 10.2 Å². The largest absolute Gasteiger partial charge is 0.378 e. The van der Waals surface area contributed by atoms with Gasteiger partial charge in [-0.1, -0.05) is 36.4 Å². The van der Waals surface area contributed by atoms with E-state index in [2.05, 4.69) is 53.5 Å². The first-order chi connectivity index (χ1) is 11.9. The highest BCUT2D eigenvalue weighted by Crippen LogP contribution is 2.22. The number of hydrogen-bond acceptors (Lipinski definition) is 2. The van der Waals surface area contributed by atoms with Crippen molar-refractivity contribution < 1.29 is 4.74 Å². The maximum Gasteiger partial charge on any atom is 0.194 e. The summed E-state index contributed by atoms with van der Waals surface area (Å²) in [4.78, 5) is 7.17. The summed E-state index contributed by atoms with van der Waals surface area (Å²) in [6, 6.07) is 10.7.